The Morgan fingerprint density at radius 1 is 1.19 bits per heavy atom. The van der Waals surface area contributed by atoms with Gasteiger partial charge in [-0.15, -0.1) is 11.8 Å². The molecule has 0 bridgehead atoms. The fourth-order valence-corrected chi connectivity index (χ4v) is 2.62. The number of Topliss-reactive ketones (excluding diaryl/α,β-unsaturated/α-hetero) is 1. The van der Waals surface area contributed by atoms with E-state index in [-0.39, 0.29) is 23.5 Å². The second-order valence-corrected chi connectivity index (χ2v) is 5.91. The molecule has 0 N–H and O–H groups in total. The van der Waals surface area contributed by atoms with Crippen LogP contribution in [0.15, 0.2) is 53.4 Å². The van der Waals surface area contributed by atoms with Gasteiger partial charge in [-0.2, -0.15) is 0 Å². The lowest BCUT2D eigenvalue weighted by molar-refractivity contribution is 0.102. The summed E-state index contributed by atoms with van der Waals surface area (Å²) < 4.78 is 18.6. The zero-order valence-electron chi connectivity index (χ0n) is 12.0. The molecule has 0 atom stereocenters. The molecule has 0 spiro atoms. The van der Waals surface area contributed by atoms with E-state index in [1.54, 1.807) is 36.4 Å². The summed E-state index contributed by atoms with van der Waals surface area (Å²) in [7, 11) is 0. The topological polar surface area (TPSA) is 26.3 Å². The maximum Gasteiger partial charge on any atom is 0.173 e. The summed E-state index contributed by atoms with van der Waals surface area (Å²) in [5.41, 5.74) is 0.634. The Hall–Kier alpha value is -1.81. The van der Waals surface area contributed by atoms with Crippen LogP contribution in [-0.2, 0) is 0 Å². The first-order valence-corrected chi connectivity index (χ1v) is 7.71. The maximum absolute atomic E-state index is 13.1. The molecule has 0 saturated heterocycles. The van der Waals surface area contributed by atoms with Crippen LogP contribution >= 0.6 is 11.8 Å². The van der Waals surface area contributed by atoms with Gasteiger partial charge in [0, 0.05) is 10.5 Å². The van der Waals surface area contributed by atoms with Crippen LogP contribution in [-0.4, -0.2) is 17.6 Å². The van der Waals surface area contributed by atoms with Gasteiger partial charge in [-0.1, -0.05) is 6.07 Å². The summed E-state index contributed by atoms with van der Waals surface area (Å²) in [6.07, 6.45) is 0.107. The van der Waals surface area contributed by atoms with Gasteiger partial charge in [0.2, 0.25) is 0 Å². The summed E-state index contributed by atoms with van der Waals surface area (Å²) in [4.78, 5) is 12.8. The van der Waals surface area contributed by atoms with Crippen molar-refractivity contribution in [3.63, 3.8) is 0 Å². The number of halogens is 1. The van der Waals surface area contributed by atoms with Gasteiger partial charge in [0.15, 0.2) is 5.78 Å². The number of carbonyl (C=O) groups excluding carboxylic acids is 1. The van der Waals surface area contributed by atoms with Crippen LogP contribution in [0.5, 0.6) is 5.75 Å². The molecule has 0 heterocycles. The molecule has 0 fully saturated rings. The van der Waals surface area contributed by atoms with Crippen molar-refractivity contribution >= 4 is 17.5 Å². The lowest BCUT2D eigenvalue weighted by Crippen LogP contribution is -2.06. The van der Waals surface area contributed by atoms with E-state index in [2.05, 4.69) is 0 Å². The number of benzene rings is 2. The molecule has 0 aromatic heterocycles. The van der Waals surface area contributed by atoms with Gasteiger partial charge in [-0.05, 0) is 56.3 Å². The number of ketones is 1. The van der Waals surface area contributed by atoms with Crippen molar-refractivity contribution in [3.8, 4) is 5.75 Å². The van der Waals surface area contributed by atoms with Crippen molar-refractivity contribution in [1.29, 1.82) is 0 Å². The van der Waals surface area contributed by atoms with Crippen LogP contribution in [0, 0.1) is 5.82 Å². The molecule has 2 rings (SSSR count). The van der Waals surface area contributed by atoms with Crippen molar-refractivity contribution < 1.29 is 13.9 Å². The van der Waals surface area contributed by atoms with E-state index in [0.29, 0.717) is 5.56 Å². The summed E-state index contributed by atoms with van der Waals surface area (Å²) in [6.45, 7) is 3.91. The molecule has 21 heavy (non-hydrogen) atoms. The molecular weight excluding hydrogens is 287 g/mol. The van der Waals surface area contributed by atoms with Gasteiger partial charge in [-0.25, -0.2) is 4.39 Å². The van der Waals surface area contributed by atoms with Gasteiger partial charge in [0.1, 0.15) is 11.6 Å². The molecule has 4 heteroatoms. The molecule has 2 nitrogen and oxygen atoms in total. The molecule has 0 amide bonds. The highest BCUT2D eigenvalue weighted by molar-refractivity contribution is 8.00. The van der Waals surface area contributed by atoms with E-state index in [4.69, 9.17) is 4.74 Å². The fraction of sp³-hybridized carbons (Fsp3) is 0.235. The zero-order chi connectivity index (χ0) is 15.2. The Kier molecular flexibility index (Phi) is 5.39. The number of rotatable bonds is 6. The molecule has 0 saturated carbocycles. The maximum atomic E-state index is 13.1. The summed E-state index contributed by atoms with van der Waals surface area (Å²) in [6, 6.07) is 13.3. The molecular formula is C17H17FO2S. The van der Waals surface area contributed by atoms with Crippen LogP contribution in [0.2, 0.25) is 0 Å². The van der Waals surface area contributed by atoms with E-state index in [1.807, 2.05) is 13.8 Å². The lowest BCUT2D eigenvalue weighted by Gasteiger charge is -2.09. The van der Waals surface area contributed by atoms with Crippen LogP contribution in [0.1, 0.15) is 24.2 Å². The van der Waals surface area contributed by atoms with E-state index < -0.39 is 0 Å². The second-order valence-electron chi connectivity index (χ2n) is 4.86. The summed E-state index contributed by atoms with van der Waals surface area (Å²) in [5, 5.41) is 0. The third-order valence-corrected chi connectivity index (χ3v) is 3.71. The molecule has 2 aromatic rings. The number of hydrogen-bond acceptors (Lipinski definition) is 3. The third kappa shape index (κ3) is 4.90. The fourth-order valence-electron chi connectivity index (χ4n) is 1.78. The highest BCUT2D eigenvalue weighted by atomic mass is 32.2. The average Bonchev–Trinajstić information content (AvgIpc) is 2.45. The smallest absolute Gasteiger partial charge is 0.173 e. The highest BCUT2D eigenvalue weighted by Gasteiger charge is 2.08. The molecule has 0 aliphatic carbocycles. The Morgan fingerprint density at radius 2 is 1.90 bits per heavy atom. The second kappa shape index (κ2) is 7.27. The molecule has 0 radical (unpaired) electrons. The van der Waals surface area contributed by atoms with Crippen molar-refractivity contribution in [2.75, 3.05) is 5.75 Å². The van der Waals surface area contributed by atoms with Crippen LogP contribution in [0.3, 0.4) is 0 Å². The Labute approximate surface area is 128 Å². The van der Waals surface area contributed by atoms with E-state index in [0.717, 1.165) is 10.6 Å². The summed E-state index contributed by atoms with van der Waals surface area (Å²) in [5.74, 6) is 0.760. The van der Waals surface area contributed by atoms with Gasteiger partial charge >= 0.3 is 0 Å². The molecule has 0 aliphatic rings. The SMILES string of the molecule is CC(C)Oc1ccc(C(=O)CSc2cccc(F)c2)cc1. The quantitative estimate of drug-likeness (QED) is 0.577. The Balaban J connectivity index is 1.94. The van der Waals surface area contributed by atoms with Gasteiger partial charge < -0.3 is 4.74 Å². The lowest BCUT2D eigenvalue weighted by atomic mass is 10.1. The normalized spacial score (nSPS) is 10.7. The number of hydrogen-bond donors (Lipinski definition) is 0. The number of thioether (sulfide) groups is 1. The van der Waals surface area contributed by atoms with E-state index in [1.165, 1.54) is 23.9 Å². The first kappa shape index (κ1) is 15.6. The van der Waals surface area contributed by atoms with E-state index in [9.17, 15) is 9.18 Å². The minimum atomic E-state index is -0.289. The average molecular weight is 304 g/mol. The molecule has 110 valence electrons. The Morgan fingerprint density at radius 3 is 2.52 bits per heavy atom. The highest BCUT2D eigenvalue weighted by Crippen LogP contribution is 2.21. The van der Waals surface area contributed by atoms with E-state index >= 15 is 0 Å². The standard InChI is InChI=1S/C17H17FO2S/c1-12(2)20-15-8-6-13(7-9-15)17(19)11-21-16-5-3-4-14(18)10-16/h3-10,12H,11H2,1-2H3. The first-order chi connectivity index (χ1) is 10.0. The van der Waals surface area contributed by atoms with Gasteiger partial charge in [-0.3, -0.25) is 4.79 Å². The van der Waals surface area contributed by atoms with Gasteiger partial charge in [0.25, 0.3) is 0 Å². The largest absolute Gasteiger partial charge is 0.491 e. The van der Waals surface area contributed by atoms with Crippen LogP contribution < -0.4 is 4.74 Å². The van der Waals surface area contributed by atoms with Crippen molar-refractivity contribution in [3.05, 3.63) is 59.9 Å². The zero-order valence-corrected chi connectivity index (χ0v) is 12.8. The van der Waals surface area contributed by atoms with Crippen molar-refractivity contribution in [2.24, 2.45) is 0 Å². The monoisotopic (exact) mass is 304 g/mol. The van der Waals surface area contributed by atoms with Crippen molar-refractivity contribution in [2.45, 2.75) is 24.8 Å². The molecule has 2 aromatic carbocycles. The predicted octanol–water partition coefficient (Wildman–Crippen LogP) is 4.59. The minimum absolute atomic E-state index is 0.0142. The summed E-state index contributed by atoms with van der Waals surface area (Å²) >= 11 is 1.33. The first-order valence-electron chi connectivity index (χ1n) is 6.73. The minimum Gasteiger partial charge on any atom is -0.491 e. The number of carbonyl (C=O) groups is 1. The third-order valence-electron chi connectivity index (χ3n) is 2.71. The number of ether oxygens (including phenoxy) is 1. The van der Waals surface area contributed by atoms with Crippen molar-refractivity contribution in [1.82, 2.24) is 0 Å². The van der Waals surface area contributed by atoms with Crippen LogP contribution in [0.4, 0.5) is 4.39 Å². The molecule has 0 unspecified atom stereocenters. The van der Waals surface area contributed by atoms with Gasteiger partial charge in [0.05, 0.1) is 11.9 Å². The molecule has 0 aliphatic heterocycles. The van der Waals surface area contributed by atoms with Crippen LogP contribution in [0.25, 0.3) is 0 Å². The predicted molar refractivity (Wildman–Crippen MR) is 83.7 cm³/mol. The Bertz CT molecular complexity index is 608.